The first-order chi connectivity index (χ1) is 8.20. The number of nitrogens with zero attached hydrogens (tertiary/aromatic N) is 4. The second-order valence-corrected chi connectivity index (χ2v) is 3.73. The number of hydrogen-bond acceptors (Lipinski definition) is 4. The van der Waals surface area contributed by atoms with Crippen molar-refractivity contribution in [3.63, 3.8) is 0 Å². The summed E-state index contributed by atoms with van der Waals surface area (Å²) in [6.07, 6.45) is 3.36. The van der Waals surface area contributed by atoms with Crippen molar-refractivity contribution in [1.29, 1.82) is 5.26 Å². The molecule has 0 saturated carbocycles. The van der Waals surface area contributed by atoms with Crippen molar-refractivity contribution in [2.24, 2.45) is 0 Å². The van der Waals surface area contributed by atoms with Gasteiger partial charge in [0.15, 0.2) is 0 Å². The molecule has 0 fully saturated rings. The van der Waals surface area contributed by atoms with Crippen LogP contribution < -0.4 is 4.90 Å². The molecular formula is C13H12N4. The molecule has 4 nitrogen and oxygen atoms in total. The number of nitriles is 1. The van der Waals surface area contributed by atoms with Crippen molar-refractivity contribution in [2.75, 3.05) is 11.9 Å². The molecule has 2 rings (SSSR count). The summed E-state index contributed by atoms with van der Waals surface area (Å²) in [5, 5.41) is 8.70. The molecule has 0 spiro atoms. The van der Waals surface area contributed by atoms with E-state index in [2.05, 4.69) is 9.97 Å². The van der Waals surface area contributed by atoms with E-state index in [4.69, 9.17) is 5.26 Å². The van der Waals surface area contributed by atoms with Gasteiger partial charge in [0.1, 0.15) is 11.9 Å². The van der Waals surface area contributed by atoms with Crippen LogP contribution in [0, 0.1) is 18.3 Å². The van der Waals surface area contributed by atoms with Crippen molar-refractivity contribution in [3.05, 3.63) is 47.9 Å². The lowest BCUT2D eigenvalue weighted by atomic mass is 10.3. The lowest BCUT2D eigenvalue weighted by Crippen LogP contribution is -2.11. The molecule has 2 aromatic rings. The van der Waals surface area contributed by atoms with Gasteiger partial charge >= 0.3 is 0 Å². The normalized spacial score (nSPS) is 9.71. The molecule has 0 aliphatic heterocycles. The Labute approximate surface area is 100 Å². The van der Waals surface area contributed by atoms with Crippen molar-refractivity contribution in [2.45, 2.75) is 6.92 Å². The molecule has 0 aliphatic rings. The Hall–Kier alpha value is -2.41. The van der Waals surface area contributed by atoms with Gasteiger partial charge in [0.25, 0.3) is 0 Å². The van der Waals surface area contributed by atoms with Gasteiger partial charge in [-0.15, -0.1) is 0 Å². The molecule has 2 heterocycles. The van der Waals surface area contributed by atoms with Crippen LogP contribution in [-0.2, 0) is 0 Å². The number of anilines is 2. The van der Waals surface area contributed by atoms with E-state index >= 15 is 0 Å². The van der Waals surface area contributed by atoms with E-state index in [1.54, 1.807) is 18.5 Å². The Morgan fingerprint density at radius 1 is 1.12 bits per heavy atom. The average molecular weight is 224 g/mol. The molecule has 0 unspecified atom stereocenters. The van der Waals surface area contributed by atoms with E-state index in [1.807, 2.05) is 43.1 Å². The molecule has 0 aromatic carbocycles. The first kappa shape index (κ1) is 11.1. The van der Waals surface area contributed by atoms with Gasteiger partial charge in [-0.05, 0) is 31.2 Å². The first-order valence-electron chi connectivity index (χ1n) is 5.23. The summed E-state index contributed by atoms with van der Waals surface area (Å²) in [7, 11) is 1.92. The fourth-order valence-electron chi connectivity index (χ4n) is 1.44. The summed E-state index contributed by atoms with van der Waals surface area (Å²) < 4.78 is 0. The van der Waals surface area contributed by atoms with E-state index in [0.717, 1.165) is 17.2 Å². The maximum Gasteiger partial charge on any atom is 0.132 e. The Morgan fingerprint density at radius 2 is 1.94 bits per heavy atom. The second-order valence-electron chi connectivity index (χ2n) is 3.73. The van der Waals surface area contributed by atoms with Gasteiger partial charge in [0.05, 0.1) is 17.4 Å². The Bertz CT molecular complexity index is 537. The summed E-state index contributed by atoms with van der Waals surface area (Å²) in [6, 6.07) is 9.56. The zero-order valence-electron chi connectivity index (χ0n) is 9.75. The van der Waals surface area contributed by atoms with Gasteiger partial charge in [-0.25, -0.2) is 4.98 Å². The van der Waals surface area contributed by atoms with E-state index in [0.29, 0.717) is 5.56 Å². The molecule has 0 aliphatic carbocycles. The highest BCUT2D eigenvalue weighted by atomic mass is 15.2. The van der Waals surface area contributed by atoms with E-state index in [-0.39, 0.29) is 0 Å². The van der Waals surface area contributed by atoms with Crippen molar-refractivity contribution in [1.82, 2.24) is 9.97 Å². The third-order valence-electron chi connectivity index (χ3n) is 2.50. The molecule has 0 amide bonds. The van der Waals surface area contributed by atoms with Gasteiger partial charge in [0, 0.05) is 18.9 Å². The third-order valence-corrected chi connectivity index (χ3v) is 2.50. The molecule has 84 valence electrons. The number of hydrogen-bond donors (Lipinski definition) is 0. The smallest absolute Gasteiger partial charge is 0.132 e. The van der Waals surface area contributed by atoms with Crippen molar-refractivity contribution < 1.29 is 0 Å². The van der Waals surface area contributed by atoms with Gasteiger partial charge < -0.3 is 4.90 Å². The maximum atomic E-state index is 8.70. The molecule has 0 N–H and O–H groups in total. The fourth-order valence-corrected chi connectivity index (χ4v) is 1.44. The molecule has 0 radical (unpaired) electrons. The fraction of sp³-hybridized carbons (Fsp3) is 0.154. The minimum Gasteiger partial charge on any atom is -0.328 e. The molecule has 0 saturated heterocycles. The van der Waals surface area contributed by atoms with Crippen molar-refractivity contribution in [3.8, 4) is 6.07 Å². The first-order valence-corrected chi connectivity index (χ1v) is 5.23. The maximum absolute atomic E-state index is 8.70. The van der Waals surface area contributed by atoms with Crippen LogP contribution >= 0.6 is 0 Å². The number of aryl methyl sites for hydroxylation is 1. The molecule has 0 bridgehead atoms. The minimum absolute atomic E-state index is 0.559. The summed E-state index contributed by atoms with van der Waals surface area (Å²) >= 11 is 0. The molecule has 0 atom stereocenters. The van der Waals surface area contributed by atoms with Gasteiger partial charge in [0.2, 0.25) is 0 Å². The topological polar surface area (TPSA) is 52.8 Å². The third kappa shape index (κ3) is 2.40. The van der Waals surface area contributed by atoms with Gasteiger partial charge in [-0.1, -0.05) is 0 Å². The van der Waals surface area contributed by atoms with Crippen LogP contribution in [0.3, 0.4) is 0 Å². The number of pyridine rings is 2. The van der Waals surface area contributed by atoms with Crippen LogP contribution in [-0.4, -0.2) is 17.0 Å². The predicted molar refractivity (Wildman–Crippen MR) is 66.0 cm³/mol. The second kappa shape index (κ2) is 4.62. The Kier molecular flexibility index (Phi) is 3.01. The SMILES string of the molecule is Cc1ccc(N(C)c2ccc(C#N)cn2)cn1. The standard InChI is InChI=1S/C13H12N4/c1-10-3-5-12(9-15-10)17(2)13-6-4-11(7-14)8-16-13/h3-6,8-9H,1-2H3. The molecule has 2 aromatic heterocycles. The van der Waals surface area contributed by atoms with Crippen LogP contribution in [0.15, 0.2) is 36.7 Å². The van der Waals surface area contributed by atoms with Crippen LogP contribution in [0.1, 0.15) is 11.3 Å². The molecule has 4 heteroatoms. The van der Waals surface area contributed by atoms with Crippen LogP contribution in [0.2, 0.25) is 0 Å². The zero-order chi connectivity index (χ0) is 12.3. The van der Waals surface area contributed by atoms with Crippen LogP contribution in [0.5, 0.6) is 0 Å². The van der Waals surface area contributed by atoms with E-state index in [1.165, 1.54) is 0 Å². The van der Waals surface area contributed by atoms with Crippen LogP contribution in [0.25, 0.3) is 0 Å². The number of rotatable bonds is 2. The number of aromatic nitrogens is 2. The zero-order valence-corrected chi connectivity index (χ0v) is 9.75. The highest BCUT2D eigenvalue weighted by Crippen LogP contribution is 2.20. The Morgan fingerprint density at radius 3 is 2.47 bits per heavy atom. The van der Waals surface area contributed by atoms with Gasteiger partial charge in [-0.2, -0.15) is 5.26 Å². The summed E-state index contributed by atoms with van der Waals surface area (Å²) in [5.74, 6) is 0.787. The van der Waals surface area contributed by atoms with Crippen LogP contribution in [0.4, 0.5) is 11.5 Å². The highest BCUT2D eigenvalue weighted by molar-refractivity contribution is 5.58. The average Bonchev–Trinajstić information content (AvgIpc) is 2.39. The van der Waals surface area contributed by atoms with Crippen molar-refractivity contribution >= 4 is 11.5 Å². The molecule has 17 heavy (non-hydrogen) atoms. The summed E-state index contributed by atoms with van der Waals surface area (Å²) in [4.78, 5) is 10.4. The summed E-state index contributed by atoms with van der Waals surface area (Å²) in [6.45, 7) is 1.95. The summed E-state index contributed by atoms with van der Waals surface area (Å²) in [5.41, 5.74) is 2.51. The largest absolute Gasteiger partial charge is 0.328 e. The van der Waals surface area contributed by atoms with E-state index in [9.17, 15) is 0 Å². The highest BCUT2D eigenvalue weighted by Gasteiger charge is 2.05. The lowest BCUT2D eigenvalue weighted by molar-refractivity contribution is 1.09. The van der Waals surface area contributed by atoms with Gasteiger partial charge in [-0.3, -0.25) is 4.98 Å². The van der Waals surface area contributed by atoms with E-state index < -0.39 is 0 Å². The molecular weight excluding hydrogens is 212 g/mol. The monoisotopic (exact) mass is 224 g/mol. The predicted octanol–water partition coefficient (Wildman–Crippen LogP) is 2.42. The quantitative estimate of drug-likeness (QED) is 0.786. The Balaban J connectivity index is 2.27. The minimum atomic E-state index is 0.559. The lowest BCUT2D eigenvalue weighted by Gasteiger charge is -2.17.